The number of hydrogen-bond acceptors (Lipinski definition) is 6. The van der Waals surface area contributed by atoms with Crippen molar-refractivity contribution in [3.8, 4) is 0 Å². The third kappa shape index (κ3) is 8.76. The zero-order valence-corrected chi connectivity index (χ0v) is 35.3. The summed E-state index contributed by atoms with van der Waals surface area (Å²) in [5.41, 5.74) is 4.73. The second kappa shape index (κ2) is 18.7. The number of carboxylic acid groups (broad SMARTS) is 4. The maximum absolute atomic E-state index is 11.9. The quantitative estimate of drug-likeness (QED) is 0.108. The summed E-state index contributed by atoms with van der Waals surface area (Å²) in [6.45, 7) is 0. The fraction of sp³-hybridized carbons (Fsp3) is 0.333. The van der Waals surface area contributed by atoms with E-state index in [1.165, 1.54) is 0 Å². The molecule has 0 aromatic heterocycles. The maximum atomic E-state index is 11.9. The molecule has 0 amide bonds. The van der Waals surface area contributed by atoms with Crippen LogP contribution in [0.25, 0.3) is 10.6 Å². The van der Waals surface area contributed by atoms with Crippen molar-refractivity contribution in [1.29, 1.82) is 0 Å². The second-order valence-corrected chi connectivity index (χ2v) is 16.7. The smallest absolute Gasteiger partial charge is 1.00 e. The predicted molar refractivity (Wildman–Crippen MR) is 225 cm³/mol. The number of nitrogens with zero attached hydrogens (tertiary/aromatic N) is 2. The molecule has 4 aromatic rings. The third-order valence-corrected chi connectivity index (χ3v) is 13.5. The molecule has 12 nitrogen and oxygen atoms in total. The zero-order valence-electron chi connectivity index (χ0n) is 33.4. The molecule has 14 heteroatoms. The number of carboxylic acids is 4. The van der Waals surface area contributed by atoms with Gasteiger partial charge in [-0.2, -0.15) is 0 Å². The van der Waals surface area contributed by atoms with Gasteiger partial charge in [0.25, 0.3) is 0 Å². The van der Waals surface area contributed by atoms with Crippen LogP contribution in [0.1, 0.15) is 113 Å². The predicted octanol–water partition coefficient (Wildman–Crippen LogP) is 4.53. The van der Waals surface area contributed by atoms with E-state index in [9.17, 15) is 39.6 Å². The number of nitrogens with one attached hydrogen (secondary N) is 2. The van der Waals surface area contributed by atoms with Gasteiger partial charge in [-0.25, -0.2) is 19.2 Å². The molecule has 12 atom stereocenters. The van der Waals surface area contributed by atoms with Gasteiger partial charge in [-0.1, -0.05) is 98.5 Å². The molecule has 0 aliphatic carbocycles. The van der Waals surface area contributed by atoms with Crippen LogP contribution in [0.15, 0.2) is 121 Å². The van der Waals surface area contributed by atoms with Crippen LogP contribution in [0, 0.1) is 0 Å². The van der Waals surface area contributed by atoms with Gasteiger partial charge in [0.1, 0.15) is 0 Å². The van der Waals surface area contributed by atoms with Crippen molar-refractivity contribution >= 4 is 23.9 Å². The average Bonchev–Trinajstić information content (AvgIpc) is 4.10. The summed E-state index contributed by atoms with van der Waals surface area (Å²) in [5, 5.41) is 58.1. The molecular formula is C48H46ClMnN4O8. The third-order valence-electron chi connectivity index (χ3n) is 13.5. The van der Waals surface area contributed by atoms with Crippen LogP contribution in [-0.2, 0) is 17.1 Å². The summed E-state index contributed by atoms with van der Waals surface area (Å²) < 4.78 is 0. The molecule has 0 spiro atoms. The van der Waals surface area contributed by atoms with E-state index in [0.29, 0.717) is 0 Å². The van der Waals surface area contributed by atoms with E-state index in [4.69, 9.17) is 10.6 Å². The van der Waals surface area contributed by atoms with Gasteiger partial charge < -0.3 is 54.1 Å². The van der Waals surface area contributed by atoms with Crippen molar-refractivity contribution in [3.05, 3.63) is 177 Å². The molecule has 5 heterocycles. The first-order chi connectivity index (χ1) is 29.0. The fourth-order valence-corrected chi connectivity index (χ4v) is 10.7. The number of halogens is 1. The summed E-state index contributed by atoms with van der Waals surface area (Å²) in [4.78, 5) is 47.5. The number of benzene rings is 4. The van der Waals surface area contributed by atoms with Crippen molar-refractivity contribution < 1.29 is 69.1 Å². The largest absolute Gasteiger partial charge is 3.00 e. The first-order valence-electron chi connectivity index (χ1n) is 20.6. The number of carbonyl (C=O) groups is 4. The topological polar surface area (TPSA) is 201 Å². The van der Waals surface area contributed by atoms with Crippen molar-refractivity contribution in [3.63, 3.8) is 0 Å². The van der Waals surface area contributed by atoms with Crippen molar-refractivity contribution in [2.75, 3.05) is 0 Å². The molecule has 0 saturated carbocycles. The maximum Gasteiger partial charge on any atom is 3.00 e. The number of hydrogen-bond donors (Lipinski definition) is 6. The van der Waals surface area contributed by atoms with Gasteiger partial charge in [0, 0.05) is 24.2 Å². The summed E-state index contributed by atoms with van der Waals surface area (Å²) in [6.07, 6.45) is 12.0. The van der Waals surface area contributed by atoms with Gasteiger partial charge in [0.15, 0.2) is 0 Å². The van der Waals surface area contributed by atoms with Gasteiger partial charge in [-0.05, 0) is 94.5 Å². The molecule has 4 aromatic carbocycles. The van der Waals surface area contributed by atoms with Crippen molar-refractivity contribution in [1.82, 2.24) is 10.6 Å². The Morgan fingerprint density at radius 2 is 0.581 bits per heavy atom. The number of rotatable bonds is 8. The second-order valence-electron chi connectivity index (χ2n) is 16.7. The van der Waals surface area contributed by atoms with Gasteiger partial charge >= 0.3 is 40.9 Å². The normalized spacial score (nSPS) is 30.8. The molecule has 5 aliphatic rings. The van der Waals surface area contributed by atoms with Gasteiger partial charge in [0.05, 0.1) is 22.3 Å². The van der Waals surface area contributed by atoms with Crippen LogP contribution < -0.4 is 23.0 Å². The molecule has 3 saturated heterocycles. The number of fused-ring (bicyclic) bond motifs is 8. The van der Waals surface area contributed by atoms with E-state index in [0.717, 1.165) is 47.9 Å². The van der Waals surface area contributed by atoms with Crippen LogP contribution in [0.4, 0.5) is 0 Å². The Labute approximate surface area is 376 Å². The minimum Gasteiger partial charge on any atom is -1.00 e. The molecule has 0 radical (unpaired) electrons. The minimum atomic E-state index is -0.994. The van der Waals surface area contributed by atoms with E-state index in [-0.39, 0.29) is 124 Å². The summed E-state index contributed by atoms with van der Waals surface area (Å²) in [5.74, 6) is -4.52. The van der Waals surface area contributed by atoms with E-state index < -0.39 is 23.9 Å². The fourth-order valence-electron chi connectivity index (χ4n) is 10.7. The molecule has 3 fully saturated rings. The first-order valence-corrected chi connectivity index (χ1v) is 20.6. The van der Waals surface area contributed by atoms with Gasteiger partial charge in [0.2, 0.25) is 0 Å². The summed E-state index contributed by atoms with van der Waals surface area (Å²) in [6, 6.07) is 27.2. The Bertz CT molecular complexity index is 2020. The SMILES string of the molecule is O=C(O)c1ccc(C2C3CCC([N-]3)C(c3ccc(C(=O)O)cc3)C3C=CC(N3)C(c3ccc(C(=O)O)cc3)C3CCC([N-]3)C(c3ccc(C(=O)O)cc3)C3C=CC2N3)cc1.[Cl-].[Mn+3]. The molecule has 5 aliphatic heterocycles. The summed E-state index contributed by atoms with van der Waals surface area (Å²) in [7, 11) is 0. The minimum absolute atomic E-state index is 0. The number of aromatic carboxylic acids is 4. The van der Waals surface area contributed by atoms with E-state index >= 15 is 0 Å². The molecule has 12 unspecified atom stereocenters. The molecular weight excluding hydrogens is 851 g/mol. The Morgan fingerprint density at radius 3 is 0.758 bits per heavy atom. The summed E-state index contributed by atoms with van der Waals surface area (Å²) >= 11 is 0. The molecule has 8 bridgehead atoms. The van der Waals surface area contributed by atoms with Crippen LogP contribution in [0.3, 0.4) is 0 Å². The van der Waals surface area contributed by atoms with Crippen LogP contribution in [0.2, 0.25) is 0 Å². The molecule has 6 N–H and O–H groups in total. The van der Waals surface area contributed by atoms with Crippen molar-refractivity contribution in [2.24, 2.45) is 0 Å². The monoisotopic (exact) mass is 896 g/mol. The van der Waals surface area contributed by atoms with E-state index in [1.54, 1.807) is 48.5 Å². The van der Waals surface area contributed by atoms with E-state index in [2.05, 4.69) is 34.9 Å². The Hall–Kier alpha value is -5.11. The Balaban J connectivity index is 0.00000289. The van der Waals surface area contributed by atoms with E-state index in [1.807, 2.05) is 48.5 Å². The Kier molecular flexibility index (Phi) is 13.6. The molecule has 320 valence electrons. The molecule has 62 heavy (non-hydrogen) atoms. The standard InChI is InChI=1S/C48H46N4O8.ClH.Mn/c53-45(54)29-9-1-25(2-10-29)41-33-17-19-35(49-33)42(26-3-11-30(12-4-26)46(55)56)37-21-23-39(51-37)44(28-7-15-32(16-8-28)48(59)60)40-24-22-38(52-40)43(36-20-18-34(41)50-36)27-5-13-31(14-6-27)47(57)58;;/h1-17,19,22,24,33-44,49,52H,18,20-21,23H2,(H,53,54)(H,55,56)(H,57,58)(H,59,60);1H;/q-2;;+3/p-1. The van der Waals surface area contributed by atoms with Crippen molar-refractivity contribution in [2.45, 2.75) is 97.7 Å². The van der Waals surface area contributed by atoms with Gasteiger partial charge in [-0.3, -0.25) is 0 Å². The first kappa shape index (κ1) is 44.9. The average molecular weight is 897 g/mol. The van der Waals surface area contributed by atoms with Crippen LogP contribution in [0.5, 0.6) is 0 Å². The zero-order chi connectivity index (χ0) is 41.7. The van der Waals surface area contributed by atoms with Crippen LogP contribution >= 0.6 is 0 Å². The Morgan fingerprint density at radius 1 is 0.387 bits per heavy atom. The van der Waals surface area contributed by atoms with Gasteiger partial charge in [-0.15, -0.1) is 24.2 Å². The molecule has 9 rings (SSSR count). The van der Waals surface area contributed by atoms with Crippen LogP contribution in [-0.4, -0.2) is 92.6 Å².